The lowest BCUT2D eigenvalue weighted by Crippen LogP contribution is -2.37. The van der Waals surface area contributed by atoms with E-state index >= 15 is 0 Å². The molecule has 0 saturated heterocycles. The predicted molar refractivity (Wildman–Crippen MR) is 117 cm³/mol. The number of nitrogens with zero attached hydrogens (tertiary/aromatic N) is 3. The van der Waals surface area contributed by atoms with Crippen molar-refractivity contribution in [3.63, 3.8) is 0 Å². The molecule has 28 heavy (non-hydrogen) atoms. The Morgan fingerprint density at radius 1 is 1.14 bits per heavy atom. The third-order valence-corrected chi connectivity index (χ3v) is 5.01. The van der Waals surface area contributed by atoms with E-state index in [1.807, 2.05) is 25.1 Å². The van der Waals surface area contributed by atoms with E-state index < -0.39 is 0 Å². The first-order chi connectivity index (χ1) is 12.8. The van der Waals surface area contributed by atoms with Gasteiger partial charge in [-0.2, -0.15) is 5.10 Å². The van der Waals surface area contributed by atoms with Gasteiger partial charge in [-0.25, -0.2) is 9.67 Å². The lowest BCUT2D eigenvalue weighted by molar-refractivity contribution is 0.0952. The molecule has 6 nitrogen and oxygen atoms in total. The van der Waals surface area contributed by atoms with E-state index in [-0.39, 0.29) is 30.7 Å². The summed E-state index contributed by atoms with van der Waals surface area (Å²) in [6.45, 7) is 3.47. The fourth-order valence-corrected chi connectivity index (χ4v) is 3.61. The molecule has 2 heterocycles. The zero-order valence-corrected chi connectivity index (χ0v) is 18.0. The topological polar surface area (TPSA) is 71.8 Å². The van der Waals surface area contributed by atoms with Crippen LogP contribution in [0, 0.1) is 0 Å². The molecule has 1 aliphatic rings. The molecule has 8 heteroatoms. The molecule has 1 aliphatic carbocycles. The standard InChI is InChI=1S/C20H29N5O.2ClH/c1-2-18-17(15-24-25(18)19-11-7-8-12-22-19)20(26)23-14-13-21-16-9-5-3-4-6-10-16;;/h7-8,11-12,15-16,21H,2-6,9-10,13-14H2,1H3,(H,23,26);2*1H. The maximum Gasteiger partial charge on any atom is 0.254 e. The van der Waals surface area contributed by atoms with Crippen molar-refractivity contribution in [2.45, 2.75) is 57.9 Å². The largest absolute Gasteiger partial charge is 0.351 e. The van der Waals surface area contributed by atoms with Gasteiger partial charge in [0.05, 0.1) is 17.5 Å². The summed E-state index contributed by atoms with van der Waals surface area (Å²) in [7, 11) is 0. The molecule has 3 rings (SSSR count). The fourth-order valence-electron chi connectivity index (χ4n) is 3.61. The Bertz CT molecular complexity index is 700. The molecule has 0 atom stereocenters. The summed E-state index contributed by atoms with van der Waals surface area (Å²) >= 11 is 0. The van der Waals surface area contributed by atoms with Crippen molar-refractivity contribution >= 4 is 30.7 Å². The number of hydrogen-bond donors (Lipinski definition) is 2. The van der Waals surface area contributed by atoms with Crippen molar-refractivity contribution in [2.75, 3.05) is 13.1 Å². The van der Waals surface area contributed by atoms with Gasteiger partial charge in [0.2, 0.25) is 0 Å². The van der Waals surface area contributed by atoms with Crippen LogP contribution in [0.25, 0.3) is 5.82 Å². The summed E-state index contributed by atoms with van der Waals surface area (Å²) < 4.78 is 1.75. The van der Waals surface area contributed by atoms with Gasteiger partial charge < -0.3 is 10.6 Å². The molecule has 0 aromatic carbocycles. The van der Waals surface area contributed by atoms with Gasteiger partial charge in [-0.1, -0.05) is 38.7 Å². The van der Waals surface area contributed by atoms with Crippen LogP contribution in [0.3, 0.4) is 0 Å². The van der Waals surface area contributed by atoms with E-state index in [1.54, 1.807) is 17.1 Å². The van der Waals surface area contributed by atoms with Crippen LogP contribution in [0.4, 0.5) is 0 Å². The van der Waals surface area contributed by atoms with Gasteiger partial charge in [0.15, 0.2) is 5.82 Å². The van der Waals surface area contributed by atoms with Crippen LogP contribution in [-0.4, -0.2) is 39.8 Å². The normalized spacial score (nSPS) is 14.5. The van der Waals surface area contributed by atoms with Crippen molar-refractivity contribution in [3.8, 4) is 5.82 Å². The molecule has 1 amide bonds. The lowest BCUT2D eigenvalue weighted by Gasteiger charge is -2.16. The molecule has 2 N–H and O–H groups in total. The maximum absolute atomic E-state index is 12.6. The molecule has 156 valence electrons. The Hall–Kier alpha value is -1.63. The minimum atomic E-state index is -0.0632. The quantitative estimate of drug-likeness (QED) is 0.521. The minimum Gasteiger partial charge on any atom is -0.351 e. The highest BCUT2D eigenvalue weighted by Crippen LogP contribution is 2.17. The number of aromatic nitrogens is 3. The van der Waals surface area contributed by atoms with Crippen molar-refractivity contribution in [2.24, 2.45) is 0 Å². The van der Waals surface area contributed by atoms with Gasteiger partial charge in [-0.05, 0) is 31.4 Å². The third-order valence-electron chi connectivity index (χ3n) is 5.01. The van der Waals surface area contributed by atoms with Crippen LogP contribution in [0.2, 0.25) is 0 Å². The Morgan fingerprint density at radius 2 is 1.89 bits per heavy atom. The lowest BCUT2D eigenvalue weighted by atomic mass is 10.1. The van der Waals surface area contributed by atoms with Gasteiger partial charge in [-0.15, -0.1) is 24.8 Å². The Labute approximate surface area is 179 Å². The number of nitrogens with one attached hydrogen (secondary N) is 2. The van der Waals surface area contributed by atoms with E-state index in [0.29, 0.717) is 18.2 Å². The van der Waals surface area contributed by atoms with Crippen LogP contribution >= 0.6 is 24.8 Å². The van der Waals surface area contributed by atoms with E-state index in [9.17, 15) is 4.79 Å². The van der Waals surface area contributed by atoms with Gasteiger partial charge >= 0.3 is 0 Å². The molecular formula is C20H31Cl2N5O. The SMILES string of the molecule is CCc1c(C(=O)NCCNC2CCCCCC2)cnn1-c1ccccn1.Cl.Cl. The van der Waals surface area contributed by atoms with E-state index in [2.05, 4.69) is 20.7 Å². The van der Waals surface area contributed by atoms with Crippen LogP contribution in [0.5, 0.6) is 0 Å². The second-order valence-corrected chi connectivity index (χ2v) is 6.86. The molecule has 2 aromatic heterocycles. The van der Waals surface area contributed by atoms with Gasteiger partial charge in [0.1, 0.15) is 0 Å². The summed E-state index contributed by atoms with van der Waals surface area (Å²) in [5.41, 5.74) is 1.52. The van der Waals surface area contributed by atoms with Crippen molar-refractivity contribution in [1.29, 1.82) is 0 Å². The molecule has 0 unspecified atom stereocenters. The molecule has 0 spiro atoms. The third kappa shape index (κ3) is 6.47. The maximum atomic E-state index is 12.6. The first-order valence-electron chi connectivity index (χ1n) is 9.79. The van der Waals surface area contributed by atoms with Gasteiger partial charge in [0, 0.05) is 25.3 Å². The van der Waals surface area contributed by atoms with Gasteiger partial charge in [-0.3, -0.25) is 4.79 Å². The molecule has 0 radical (unpaired) electrons. The molecule has 1 fully saturated rings. The number of pyridine rings is 1. The monoisotopic (exact) mass is 427 g/mol. The van der Waals surface area contributed by atoms with Crippen LogP contribution in [-0.2, 0) is 6.42 Å². The Kier molecular flexibility index (Phi) is 11.1. The number of halogens is 2. The fraction of sp³-hybridized carbons (Fsp3) is 0.550. The smallest absolute Gasteiger partial charge is 0.254 e. The van der Waals surface area contributed by atoms with Crippen molar-refractivity contribution in [3.05, 3.63) is 41.9 Å². The predicted octanol–water partition coefficient (Wildman–Crippen LogP) is 3.72. The highest BCUT2D eigenvalue weighted by Gasteiger charge is 2.17. The summed E-state index contributed by atoms with van der Waals surface area (Å²) in [5, 5.41) is 11.0. The minimum absolute atomic E-state index is 0. The summed E-state index contributed by atoms with van der Waals surface area (Å²) in [5.74, 6) is 0.671. The summed E-state index contributed by atoms with van der Waals surface area (Å²) in [4.78, 5) is 16.9. The molecule has 2 aromatic rings. The summed E-state index contributed by atoms with van der Waals surface area (Å²) in [6.07, 6.45) is 11.9. The number of amides is 1. The van der Waals surface area contributed by atoms with Crippen LogP contribution in [0.1, 0.15) is 61.5 Å². The second kappa shape index (κ2) is 12.8. The van der Waals surface area contributed by atoms with Crippen molar-refractivity contribution < 1.29 is 4.79 Å². The average Bonchev–Trinajstić information content (AvgIpc) is 2.94. The molecular weight excluding hydrogens is 397 g/mol. The number of hydrogen-bond acceptors (Lipinski definition) is 4. The van der Waals surface area contributed by atoms with E-state index in [4.69, 9.17) is 0 Å². The molecule has 0 bridgehead atoms. The number of carbonyl (C=O) groups is 1. The van der Waals surface area contributed by atoms with Crippen LogP contribution < -0.4 is 10.6 Å². The zero-order valence-electron chi connectivity index (χ0n) is 16.4. The Balaban J connectivity index is 0.00000196. The highest BCUT2D eigenvalue weighted by molar-refractivity contribution is 5.95. The zero-order chi connectivity index (χ0) is 18.2. The summed E-state index contributed by atoms with van der Waals surface area (Å²) in [6, 6.07) is 6.29. The van der Waals surface area contributed by atoms with Crippen LogP contribution in [0.15, 0.2) is 30.6 Å². The Morgan fingerprint density at radius 3 is 2.54 bits per heavy atom. The second-order valence-electron chi connectivity index (χ2n) is 6.86. The number of rotatable bonds is 7. The highest BCUT2D eigenvalue weighted by atomic mass is 35.5. The van der Waals surface area contributed by atoms with Crippen molar-refractivity contribution in [1.82, 2.24) is 25.4 Å². The van der Waals surface area contributed by atoms with E-state index in [0.717, 1.165) is 24.5 Å². The first-order valence-corrected chi connectivity index (χ1v) is 9.79. The average molecular weight is 428 g/mol. The first kappa shape index (κ1) is 24.4. The molecule has 0 aliphatic heterocycles. The number of carbonyl (C=O) groups excluding carboxylic acids is 1. The molecule has 1 saturated carbocycles. The van der Waals surface area contributed by atoms with Gasteiger partial charge in [0.25, 0.3) is 5.91 Å². The van der Waals surface area contributed by atoms with E-state index in [1.165, 1.54) is 38.5 Å².